The fourth-order valence-corrected chi connectivity index (χ4v) is 4.16. The summed E-state index contributed by atoms with van der Waals surface area (Å²) in [4.78, 5) is 21.0. The van der Waals surface area contributed by atoms with Gasteiger partial charge in [0, 0.05) is 55.4 Å². The molecular formula is C24H29N3O. The second kappa shape index (κ2) is 8.29. The van der Waals surface area contributed by atoms with E-state index in [1.165, 1.54) is 16.7 Å². The van der Waals surface area contributed by atoms with Crippen molar-refractivity contribution in [2.75, 3.05) is 32.7 Å². The number of carbonyl (C=O) groups is 1. The second-order valence-corrected chi connectivity index (χ2v) is 7.80. The van der Waals surface area contributed by atoms with Gasteiger partial charge in [-0.3, -0.25) is 14.6 Å². The number of hydrogen-bond donors (Lipinski definition) is 1. The highest BCUT2D eigenvalue weighted by Gasteiger charge is 2.21. The summed E-state index contributed by atoms with van der Waals surface area (Å²) >= 11 is 0. The van der Waals surface area contributed by atoms with Crippen molar-refractivity contribution in [3.05, 3.63) is 70.9 Å². The Morgan fingerprint density at radius 2 is 1.68 bits per heavy atom. The number of fused-ring (bicyclic) bond motifs is 1. The quantitative estimate of drug-likeness (QED) is 0.661. The minimum atomic E-state index is 0.215. The number of aromatic amines is 1. The van der Waals surface area contributed by atoms with Crippen molar-refractivity contribution in [1.29, 1.82) is 0 Å². The van der Waals surface area contributed by atoms with Crippen molar-refractivity contribution < 1.29 is 4.79 Å². The zero-order chi connectivity index (χ0) is 19.5. The number of carbonyl (C=O) groups excluding carboxylic acids is 1. The molecule has 3 aromatic rings. The van der Waals surface area contributed by atoms with Crippen LogP contribution in [0, 0.1) is 6.92 Å². The van der Waals surface area contributed by atoms with Crippen LogP contribution in [0.5, 0.6) is 0 Å². The molecular weight excluding hydrogens is 346 g/mol. The molecule has 1 aliphatic heterocycles. The molecule has 1 fully saturated rings. The summed E-state index contributed by atoms with van der Waals surface area (Å²) in [6.45, 7) is 9.73. The largest absolute Gasteiger partial charge is 0.360 e. The Morgan fingerprint density at radius 3 is 2.43 bits per heavy atom. The Hall–Kier alpha value is -2.43. The van der Waals surface area contributed by atoms with Crippen LogP contribution in [0.1, 0.15) is 34.0 Å². The number of para-hydroxylation sites is 1. The first-order chi connectivity index (χ1) is 13.7. The molecule has 0 bridgehead atoms. The van der Waals surface area contributed by atoms with Gasteiger partial charge in [0.25, 0.3) is 0 Å². The molecule has 0 radical (unpaired) electrons. The maximum atomic E-state index is 12.9. The lowest BCUT2D eigenvalue weighted by Crippen LogP contribution is -2.47. The third-order valence-corrected chi connectivity index (χ3v) is 5.97. The zero-order valence-electron chi connectivity index (χ0n) is 16.9. The van der Waals surface area contributed by atoms with Gasteiger partial charge in [-0.25, -0.2) is 0 Å². The van der Waals surface area contributed by atoms with Crippen LogP contribution in [0.2, 0.25) is 0 Å². The molecule has 0 aliphatic carbocycles. The molecule has 1 aliphatic rings. The fraction of sp³-hybridized carbons (Fsp3) is 0.375. The highest BCUT2D eigenvalue weighted by atomic mass is 16.1. The monoisotopic (exact) mass is 375 g/mol. The van der Waals surface area contributed by atoms with E-state index in [0.717, 1.165) is 55.6 Å². The smallest absolute Gasteiger partial charge is 0.178 e. The molecule has 146 valence electrons. The summed E-state index contributed by atoms with van der Waals surface area (Å²) in [5.41, 5.74) is 5.95. The minimum Gasteiger partial charge on any atom is -0.360 e. The van der Waals surface area contributed by atoms with Gasteiger partial charge in [0.2, 0.25) is 0 Å². The summed E-state index contributed by atoms with van der Waals surface area (Å²) in [7, 11) is 0. The van der Waals surface area contributed by atoms with Crippen molar-refractivity contribution in [2.45, 2.75) is 26.8 Å². The standard InChI is InChI=1S/C24H29N3O/c1-3-19-9-6-10-21-22(15-25-24(19)21)23(28)17-27-13-11-26(12-14-27)16-20-8-5-4-7-18(20)2/h4-10,15,25H,3,11-14,16-17H2,1-2H3. The van der Waals surface area contributed by atoms with E-state index in [0.29, 0.717) is 6.54 Å². The van der Waals surface area contributed by atoms with Gasteiger partial charge < -0.3 is 4.98 Å². The number of H-pyrrole nitrogens is 1. The molecule has 0 saturated carbocycles. The van der Waals surface area contributed by atoms with Crippen LogP contribution in [0.15, 0.2) is 48.7 Å². The highest BCUT2D eigenvalue weighted by Crippen LogP contribution is 2.23. The molecule has 1 N–H and O–H groups in total. The van der Waals surface area contributed by atoms with Gasteiger partial charge in [0.05, 0.1) is 6.54 Å². The van der Waals surface area contributed by atoms with Crippen LogP contribution in [0.25, 0.3) is 10.9 Å². The molecule has 2 heterocycles. The molecule has 0 amide bonds. The van der Waals surface area contributed by atoms with E-state index >= 15 is 0 Å². The average Bonchev–Trinajstić information content (AvgIpc) is 3.15. The number of aromatic nitrogens is 1. The molecule has 1 saturated heterocycles. The van der Waals surface area contributed by atoms with Crippen molar-refractivity contribution >= 4 is 16.7 Å². The molecule has 0 spiro atoms. The first kappa shape index (κ1) is 18.9. The van der Waals surface area contributed by atoms with E-state index < -0.39 is 0 Å². The molecule has 28 heavy (non-hydrogen) atoms. The van der Waals surface area contributed by atoms with Crippen LogP contribution in [-0.4, -0.2) is 53.3 Å². The van der Waals surface area contributed by atoms with Crippen molar-refractivity contribution in [1.82, 2.24) is 14.8 Å². The van der Waals surface area contributed by atoms with Gasteiger partial charge in [-0.2, -0.15) is 0 Å². The number of piperazine rings is 1. The predicted octanol–water partition coefficient (Wildman–Crippen LogP) is 4.04. The molecule has 4 rings (SSSR count). The van der Waals surface area contributed by atoms with Gasteiger partial charge in [0.1, 0.15) is 0 Å². The van der Waals surface area contributed by atoms with Gasteiger partial charge >= 0.3 is 0 Å². The number of aryl methyl sites for hydroxylation is 2. The van der Waals surface area contributed by atoms with Gasteiger partial charge in [-0.1, -0.05) is 49.4 Å². The second-order valence-electron chi connectivity index (χ2n) is 7.80. The van der Waals surface area contributed by atoms with Crippen LogP contribution in [0.3, 0.4) is 0 Å². The zero-order valence-corrected chi connectivity index (χ0v) is 16.9. The molecule has 0 atom stereocenters. The van der Waals surface area contributed by atoms with E-state index in [1.54, 1.807) is 0 Å². The lowest BCUT2D eigenvalue weighted by atomic mass is 10.0. The first-order valence-electron chi connectivity index (χ1n) is 10.3. The number of ketones is 1. The predicted molar refractivity (Wildman–Crippen MR) is 115 cm³/mol. The molecule has 1 aromatic heterocycles. The third-order valence-electron chi connectivity index (χ3n) is 5.97. The van der Waals surface area contributed by atoms with Crippen molar-refractivity contribution in [3.8, 4) is 0 Å². The molecule has 2 aromatic carbocycles. The van der Waals surface area contributed by atoms with Gasteiger partial charge in [0.15, 0.2) is 5.78 Å². The highest BCUT2D eigenvalue weighted by molar-refractivity contribution is 6.09. The van der Waals surface area contributed by atoms with Crippen molar-refractivity contribution in [3.63, 3.8) is 0 Å². The summed E-state index contributed by atoms with van der Waals surface area (Å²) in [5, 5.41) is 1.06. The Bertz CT molecular complexity index is 967. The van der Waals surface area contributed by atoms with Crippen LogP contribution < -0.4 is 0 Å². The van der Waals surface area contributed by atoms with Gasteiger partial charge in [-0.05, 0) is 30.0 Å². The minimum absolute atomic E-state index is 0.215. The van der Waals surface area contributed by atoms with E-state index in [-0.39, 0.29) is 5.78 Å². The average molecular weight is 376 g/mol. The Labute approximate surface area is 167 Å². The molecule has 4 heteroatoms. The summed E-state index contributed by atoms with van der Waals surface area (Å²) in [6.07, 6.45) is 2.86. The Morgan fingerprint density at radius 1 is 0.964 bits per heavy atom. The SMILES string of the molecule is CCc1cccc2c(C(=O)CN3CCN(Cc4ccccc4C)CC3)c[nH]c12. The summed E-state index contributed by atoms with van der Waals surface area (Å²) in [6, 6.07) is 14.8. The van der Waals surface area contributed by atoms with Crippen LogP contribution in [-0.2, 0) is 13.0 Å². The number of Topliss-reactive ketones (excluding diaryl/α,β-unsaturated/α-hetero) is 1. The lowest BCUT2D eigenvalue weighted by Gasteiger charge is -2.34. The van der Waals surface area contributed by atoms with Crippen molar-refractivity contribution in [2.24, 2.45) is 0 Å². The maximum Gasteiger partial charge on any atom is 0.178 e. The third kappa shape index (κ3) is 3.89. The van der Waals surface area contributed by atoms with Crippen LogP contribution >= 0.6 is 0 Å². The number of nitrogens with one attached hydrogen (secondary N) is 1. The molecule has 0 unspecified atom stereocenters. The number of nitrogens with zero attached hydrogens (tertiary/aromatic N) is 2. The Kier molecular flexibility index (Phi) is 5.60. The first-order valence-corrected chi connectivity index (χ1v) is 10.3. The Balaban J connectivity index is 1.36. The topological polar surface area (TPSA) is 39.3 Å². The fourth-order valence-electron chi connectivity index (χ4n) is 4.16. The van der Waals surface area contributed by atoms with E-state index in [9.17, 15) is 4.79 Å². The van der Waals surface area contributed by atoms with Gasteiger partial charge in [-0.15, -0.1) is 0 Å². The summed E-state index contributed by atoms with van der Waals surface area (Å²) < 4.78 is 0. The lowest BCUT2D eigenvalue weighted by molar-refractivity contribution is 0.0845. The van der Waals surface area contributed by atoms with E-state index in [2.05, 4.69) is 71.1 Å². The normalized spacial score (nSPS) is 15.9. The maximum absolute atomic E-state index is 12.9. The molecule has 4 nitrogen and oxygen atoms in total. The number of rotatable bonds is 6. The van der Waals surface area contributed by atoms with E-state index in [4.69, 9.17) is 0 Å². The van der Waals surface area contributed by atoms with Crippen LogP contribution in [0.4, 0.5) is 0 Å². The number of hydrogen-bond acceptors (Lipinski definition) is 3. The number of benzene rings is 2. The van der Waals surface area contributed by atoms with E-state index in [1.807, 2.05) is 6.20 Å². The summed E-state index contributed by atoms with van der Waals surface area (Å²) in [5.74, 6) is 0.215.